The number of carbonyl (C=O) groups excluding carboxylic acids is 2. The van der Waals surface area contributed by atoms with Gasteiger partial charge >= 0.3 is 5.97 Å². The van der Waals surface area contributed by atoms with Crippen LogP contribution in [0.4, 0.5) is 0 Å². The van der Waals surface area contributed by atoms with Crippen LogP contribution >= 0.6 is 0 Å². The maximum atomic E-state index is 13.7. The van der Waals surface area contributed by atoms with Crippen LogP contribution in [0.3, 0.4) is 0 Å². The third-order valence-electron chi connectivity index (χ3n) is 7.59. The van der Waals surface area contributed by atoms with E-state index in [1.54, 1.807) is 5.01 Å². The molecule has 1 aliphatic carbocycles. The fraction of sp³-hybridized carbons (Fsp3) is 0.704. The lowest BCUT2D eigenvalue weighted by molar-refractivity contribution is -0.153. The zero-order valence-electron chi connectivity index (χ0n) is 21.7. The minimum absolute atomic E-state index is 0.0332. The molecule has 0 saturated heterocycles. The monoisotopic (exact) mass is 459 g/mol. The Hall–Kier alpha value is -1.92. The summed E-state index contributed by atoms with van der Waals surface area (Å²) in [4.78, 5) is 26.6. The van der Waals surface area contributed by atoms with Crippen molar-refractivity contribution >= 4 is 11.9 Å². The first-order valence-electron chi connectivity index (χ1n) is 12.5. The molecule has 1 aromatic rings. The highest BCUT2D eigenvalue weighted by Gasteiger charge is 2.58. The van der Waals surface area contributed by atoms with Crippen molar-refractivity contribution in [2.45, 2.75) is 84.7 Å². The zero-order valence-corrected chi connectivity index (χ0v) is 21.7. The van der Waals surface area contributed by atoms with Gasteiger partial charge in [0.25, 0.3) is 0 Å². The summed E-state index contributed by atoms with van der Waals surface area (Å²) in [5, 5.41) is 5.21. The molecule has 1 saturated carbocycles. The van der Waals surface area contributed by atoms with Crippen LogP contribution in [0.5, 0.6) is 0 Å². The standard InChI is InChI=1S/C27H45N3O3/c1-8-10-16-30(23(31)19-27(17-21(27)4)24(28-6)20(3)9-2)29-26(5,25(32)33-7)18-22-14-12-11-13-15-22/h11-15,20-21,24,28-29H,8-10,16-19H2,1-7H3/t20-,21?,24-,26?,27?/m0/s1. The number of hydrazine groups is 1. The van der Waals surface area contributed by atoms with Crippen molar-refractivity contribution in [2.24, 2.45) is 17.3 Å². The average molecular weight is 460 g/mol. The highest BCUT2D eigenvalue weighted by atomic mass is 16.5. The molecule has 0 aliphatic heterocycles. The Labute approximate surface area is 200 Å². The number of hydrogen-bond acceptors (Lipinski definition) is 5. The number of amides is 1. The van der Waals surface area contributed by atoms with E-state index in [2.05, 4.69) is 38.4 Å². The second-order valence-corrected chi connectivity index (χ2v) is 10.2. The molecule has 0 radical (unpaired) electrons. The molecule has 1 fully saturated rings. The lowest BCUT2D eigenvalue weighted by atomic mass is 9.81. The van der Waals surface area contributed by atoms with Gasteiger partial charge in [0.2, 0.25) is 5.91 Å². The first-order valence-corrected chi connectivity index (χ1v) is 12.5. The van der Waals surface area contributed by atoms with Gasteiger partial charge in [-0.1, -0.05) is 70.9 Å². The van der Waals surface area contributed by atoms with Crippen molar-refractivity contribution in [3.63, 3.8) is 0 Å². The molecule has 2 rings (SSSR count). The Kier molecular flexibility index (Phi) is 9.92. The molecule has 0 heterocycles. The Morgan fingerprint density at radius 1 is 1.27 bits per heavy atom. The summed E-state index contributed by atoms with van der Waals surface area (Å²) in [5.41, 5.74) is 3.26. The molecule has 1 amide bonds. The molecule has 6 heteroatoms. The van der Waals surface area contributed by atoms with E-state index in [9.17, 15) is 9.59 Å². The predicted molar refractivity (Wildman–Crippen MR) is 133 cm³/mol. The number of nitrogens with one attached hydrogen (secondary N) is 2. The molecule has 6 nitrogen and oxygen atoms in total. The fourth-order valence-electron chi connectivity index (χ4n) is 5.30. The van der Waals surface area contributed by atoms with Gasteiger partial charge in [0.1, 0.15) is 5.54 Å². The van der Waals surface area contributed by atoms with E-state index in [1.165, 1.54) is 7.11 Å². The van der Waals surface area contributed by atoms with E-state index in [-0.39, 0.29) is 17.3 Å². The minimum Gasteiger partial charge on any atom is -0.468 e. The third kappa shape index (κ3) is 6.57. The fourth-order valence-corrected chi connectivity index (χ4v) is 5.30. The number of rotatable bonds is 14. The zero-order chi connectivity index (χ0) is 24.6. The number of benzene rings is 1. The summed E-state index contributed by atoms with van der Waals surface area (Å²) < 4.78 is 5.16. The van der Waals surface area contributed by atoms with Gasteiger partial charge < -0.3 is 10.1 Å². The van der Waals surface area contributed by atoms with Crippen LogP contribution < -0.4 is 10.7 Å². The van der Waals surface area contributed by atoms with Gasteiger partial charge in [0, 0.05) is 25.4 Å². The maximum absolute atomic E-state index is 13.7. The largest absolute Gasteiger partial charge is 0.468 e. The van der Waals surface area contributed by atoms with Crippen LogP contribution in [-0.4, -0.2) is 49.2 Å². The van der Waals surface area contributed by atoms with E-state index in [0.29, 0.717) is 37.3 Å². The van der Waals surface area contributed by atoms with E-state index < -0.39 is 5.54 Å². The van der Waals surface area contributed by atoms with E-state index in [4.69, 9.17) is 4.74 Å². The lowest BCUT2D eigenvalue weighted by Gasteiger charge is -2.37. The van der Waals surface area contributed by atoms with Crippen LogP contribution in [0.1, 0.15) is 72.3 Å². The summed E-state index contributed by atoms with van der Waals surface area (Å²) in [6, 6.07) is 10.1. The van der Waals surface area contributed by atoms with Gasteiger partial charge in [-0.25, -0.2) is 10.2 Å². The molecule has 5 atom stereocenters. The molecule has 186 valence electrons. The second kappa shape index (κ2) is 12.0. The van der Waals surface area contributed by atoms with Crippen LogP contribution in [0.25, 0.3) is 0 Å². The van der Waals surface area contributed by atoms with Crippen molar-refractivity contribution in [2.75, 3.05) is 20.7 Å². The van der Waals surface area contributed by atoms with Gasteiger partial charge in [-0.3, -0.25) is 9.80 Å². The number of nitrogens with zero attached hydrogens (tertiary/aromatic N) is 1. The van der Waals surface area contributed by atoms with E-state index in [1.807, 2.05) is 44.3 Å². The van der Waals surface area contributed by atoms with Crippen molar-refractivity contribution in [3.8, 4) is 0 Å². The Balaban J connectivity index is 2.27. The van der Waals surface area contributed by atoms with Crippen LogP contribution in [0.2, 0.25) is 0 Å². The van der Waals surface area contributed by atoms with Crippen molar-refractivity contribution in [3.05, 3.63) is 35.9 Å². The molecule has 2 N–H and O–H groups in total. The molecular weight excluding hydrogens is 414 g/mol. The summed E-state index contributed by atoms with van der Waals surface area (Å²) >= 11 is 0. The van der Waals surface area contributed by atoms with E-state index >= 15 is 0 Å². The second-order valence-electron chi connectivity index (χ2n) is 10.2. The van der Waals surface area contributed by atoms with Gasteiger partial charge in [-0.05, 0) is 49.6 Å². The predicted octanol–water partition coefficient (Wildman–Crippen LogP) is 4.34. The topological polar surface area (TPSA) is 70.7 Å². The quantitative estimate of drug-likeness (QED) is 0.320. The molecule has 33 heavy (non-hydrogen) atoms. The SMILES string of the molecule is CCCCN(NC(C)(Cc1ccccc1)C(=O)OC)C(=O)CC1([C@@H](NC)[C@@H](C)CC)CC1C. The molecule has 0 aromatic heterocycles. The Morgan fingerprint density at radius 3 is 2.39 bits per heavy atom. The summed E-state index contributed by atoms with van der Waals surface area (Å²) in [5.74, 6) is 0.669. The molecule has 0 spiro atoms. The number of ether oxygens (including phenoxy) is 1. The molecule has 1 aliphatic rings. The Bertz CT molecular complexity index is 771. The summed E-state index contributed by atoms with van der Waals surface area (Å²) in [7, 11) is 3.41. The molecule has 0 bridgehead atoms. The first kappa shape index (κ1) is 27.3. The number of carbonyl (C=O) groups is 2. The van der Waals surface area contributed by atoms with Crippen LogP contribution in [0.15, 0.2) is 30.3 Å². The summed E-state index contributed by atoms with van der Waals surface area (Å²) in [6.07, 6.45) is 4.86. The van der Waals surface area contributed by atoms with Gasteiger partial charge in [0.05, 0.1) is 7.11 Å². The number of unbranched alkanes of at least 4 members (excludes halogenated alkanes) is 1. The number of methoxy groups -OCH3 is 1. The van der Waals surface area contributed by atoms with Crippen molar-refractivity contribution < 1.29 is 14.3 Å². The van der Waals surface area contributed by atoms with Crippen LogP contribution in [-0.2, 0) is 20.7 Å². The smallest absolute Gasteiger partial charge is 0.327 e. The average Bonchev–Trinajstić information content (AvgIpc) is 3.45. The highest BCUT2D eigenvalue weighted by molar-refractivity contribution is 5.82. The summed E-state index contributed by atoms with van der Waals surface area (Å²) in [6.45, 7) is 11.2. The first-order chi connectivity index (χ1) is 15.7. The normalized spacial score (nSPS) is 23.3. The van der Waals surface area contributed by atoms with E-state index in [0.717, 1.165) is 31.2 Å². The number of esters is 1. The maximum Gasteiger partial charge on any atom is 0.327 e. The number of hydrogen-bond donors (Lipinski definition) is 2. The third-order valence-corrected chi connectivity index (χ3v) is 7.59. The highest BCUT2D eigenvalue weighted by Crippen LogP contribution is 2.59. The lowest BCUT2D eigenvalue weighted by Crippen LogP contribution is -2.61. The van der Waals surface area contributed by atoms with Crippen molar-refractivity contribution in [1.29, 1.82) is 0 Å². The molecule has 1 aromatic carbocycles. The van der Waals surface area contributed by atoms with Gasteiger partial charge in [0.15, 0.2) is 0 Å². The molecule has 3 unspecified atom stereocenters. The minimum atomic E-state index is -1.04. The Morgan fingerprint density at radius 2 is 1.91 bits per heavy atom. The van der Waals surface area contributed by atoms with Crippen molar-refractivity contribution in [1.82, 2.24) is 15.8 Å². The van der Waals surface area contributed by atoms with Crippen LogP contribution in [0, 0.1) is 17.3 Å². The van der Waals surface area contributed by atoms with Gasteiger partial charge in [-0.2, -0.15) is 0 Å². The molecular formula is C27H45N3O3. The van der Waals surface area contributed by atoms with Gasteiger partial charge in [-0.15, -0.1) is 0 Å².